The number of carbonyl (C=O) groups excluding carboxylic acids is 1. The number of fused-ring (bicyclic) bond motifs is 1. The van der Waals surface area contributed by atoms with E-state index in [0.717, 1.165) is 76.6 Å². The number of hydrogen-bond acceptors (Lipinski definition) is 12. The van der Waals surface area contributed by atoms with Crippen molar-refractivity contribution in [3.05, 3.63) is 24.3 Å². The topological polar surface area (TPSA) is 120 Å². The van der Waals surface area contributed by atoms with Crippen LogP contribution in [0.2, 0.25) is 0 Å². The molecule has 0 aromatic rings. The summed E-state index contributed by atoms with van der Waals surface area (Å²) in [6.07, 6.45) is 8.77. The number of ketones is 1. The van der Waals surface area contributed by atoms with Crippen molar-refractivity contribution in [2.75, 3.05) is 26.4 Å². The number of aliphatic hydroxyl groups is 1. The molecule has 15 atom stereocenters. The van der Waals surface area contributed by atoms with E-state index in [4.69, 9.17) is 47.2 Å². The summed E-state index contributed by atoms with van der Waals surface area (Å²) in [7, 11) is 1.24. The second-order valence-electron chi connectivity index (χ2n) is 16.2. The van der Waals surface area contributed by atoms with Crippen LogP contribution in [-0.2, 0) is 46.9 Å². The van der Waals surface area contributed by atoms with E-state index in [9.17, 15) is 4.79 Å². The van der Waals surface area contributed by atoms with E-state index in [1.54, 1.807) is 6.92 Å². The highest BCUT2D eigenvalue weighted by Crippen LogP contribution is 2.54. The summed E-state index contributed by atoms with van der Waals surface area (Å²) in [5.41, 5.74) is 2.41. The van der Waals surface area contributed by atoms with Crippen molar-refractivity contribution in [3.63, 3.8) is 0 Å². The van der Waals surface area contributed by atoms with Gasteiger partial charge in [0.2, 0.25) is 0 Å². The Hall–Kier alpha value is -0.170. The highest BCUT2D eigenvalue weighted by atomic mass is 127. The van der Waals surface area contributed by atoms with Gasteiger partial charge in [-0.3, -0.25) is 4.79 Å². The van der Waals surface area contributed by atoms with Crippen molar-refractivity contribution >= 4 is 36.2 Å². The molecule has 0 saturated carbocycles. The molecule has 9 saturated heterocycles. The highest BCUT2D eigenvalue weighted by molar-refractivity contribution is 14.2. The molecule has 0 aromatic heterocycles. The van der Waals surface area contributed by atoms with Gasteiger partial charge >= 0.3 is 0 Å². The van der Waals surface area contributed by atoms with Crippen LogP contribution in [0, 0.1) is 11.8 Å². The first-order chi connectivity index (χ1) is 25.0. The van der Waals surface area contributed by atoms with Crippen LogP contribution in [0.1, 0.15) is 98.3 Å². The monoisotopic (exact) mass is 864 g/mol. The molecule has 10 unspecified atom stereocenters. The molecule has 0 aromatic carbocycles. The number of Topliss-reactive ketones (excluding diaryl/α,β-unsaturated/α-hetero) is 1. The zero-order valence-electron chi connectivity index (χ0n) is 31.4. The quantitative estimate of drug-likeness (QED) is 0.137. The fourth-order valence-electron chi connectivity index (χ4n) is 8.95. The third-order valence-corrected chi connectivity index (χ3v) is 13.0. The molecule has 0 amide bonds. The highest BCUT2D eigenvalue weighted by Gasteiger charge is 2.68. The fourth-order valence-corrected chi connectivity index (χ4v) is 9.64. The summed E-state index contributed by atoms with van der Waals surface area (Å²) >= 11 is 2.00. The molecule has 0 aliphatic carbocycles. The molecule has 9 fully saturated rings. The van der Waals surface area contributed by atoms with Gasteiger partial charge in [-0.2, -0.15) is 0 Å². The van der Waals surface area contributed by atoms with Gasteiger partial charge in [0.1, 0.15) is 36.3 Å². The molecule has 9 rings (SSSR count). The van der Waals surface area contributed by atoms with Gasteiger partial charge in [-0.1, -0.05) is 27.0 Å². The molecule has 9 aliphatic heterocycles. The number of halogens is 1. The summed E-state index contributed by atoms with van der Waals surface area (Å²) in [5, 5.41) is 8.54. The van der Waals surface area contributed by atoms with E-state index >= 15 is 0 Å². The Labute approximate surface area is 326 Å². The molecule has 0 spiro atoms. The van der Waals surface area contributed by atoms with Crippen LogP contribution in [0.25, 0.3) is 0 Å². The number of rotatable bonds is 11. The van der Waals surface area contributed by atoms with Crippen molar-refractivity contribution in [2.24, 2.45) is 11.8 Å². The van der Waals surface area contributed by atoms with Gasteiger partial charge in [0.15, 0.2) is 5.79 Å². The maximum absolute atomic E-state index is 12.9. The van der Waals surface area contributed by atoms with E-state index in [0.29, 0.717) is 44.0 Å². The van der Waals surface area contributed by atoms with Gasteiger partial charge in [-0.05, 0) is 81.8 Å². The predicted molar refractivity (Wildman–Crippen MR) is 205 cm³/mol. The largest absolute Gasteiger partial charge is 0.391 e. The van der Waals surface area contributed by atoms with Crippen LogP contribution >= 0.6 is 30.4 Å². The van der Waals surface area contributed by atoms with E-state index in [1.807, 2.05) is 21.2 Å². The van der Waals surface area contributed by atoms with Gasteiger partial charge in [-0.25, -0.2) is 0 Å². The summed E-state index contributed by atoms with van der Waals surface area (Å²) in [6.45, 7) is 18.8. The van der Waals surface area contributed by atoms with Crippen molar-refractivity contribution in [1.82, 2.24) is 0 Å². The lowest BCUT2D eigenvalue weighted by molar-refractivity contribution is -0.292. The smallest absolute Gasteiger partial charge is 0.172 e. The minimum atomic E-state index is -0.681. The van der Waals surface area contributed by atoms with Gasteiger partial charge < -0.3 is 47.2 Å². The first-order valence-corrected chi connectivity index (χ1v) is 22.9. The summed E-state index contributed by atoms with van der Waals surface area (Å²) in [4.78, 5) is 12.9. The van der Waals surface area contributed by atoms with Gasteiger partial charge in [-0.15, -0.1) is 0 Å². The Morgan fingerprint density at radius 3 is 2.35 bits per heavy atom. The minimum Gasteiger partial charge on any atom is -0.391 e. The average Bonchev–Trinajstić information content (AvgIpc) is 3.85. The molecule has 9 aliphatic rings. The Bertz CT molecular complexity index is 1220. The van der Waals surface area contributed by atoms with Gasteiger partial charge in [0.25, 0.3) is 0 Å². The van der Waals surface area contributed by atoms with Crippen LogP contribution in [-0.4, -0.2) is 116 Å². The molecule has 1 N–H and O–H groups in total. The number of aliphatic hydroxyl groups excluding tert-OH is 1. The summed E-state index contributed by atoms with van der Waals surface area (Å²) < 4.78 is 54.7. The molecule has 0 radical (unpaired) electrons. The zero-order valence-corrected chi connectivity index (χ0v) is 34.4. The Balaban J connectivity index is 0.000000227. The average molecular weight is 865 g/mol. The second kappa shape index (κ2) is 18.8. The summed E-state index contributed by atoms with van der Waals surface area (Å²) in [5.74, 6) is 0.583. The van der Waals surface area contributed by atoms with Crippen molar-refractivity contribution < 1.29 is 52.0 Å². The molecule has 11 nitrogen and oxygen atoms in total. The Morgan fingerprint density at radius 1 is 0.942 bits per heavy atom. The molecule has 13 heteroatoms. The fraction of sp³-hybridized carbons (Fsp3) is 0.872. The molecule has 6 bridgehead atoms. The van der Waals surface area contributed by atoms with Crippen LogP contribution < -0.4 is 0 Å². The van der Waals surface area contributed by atoms with E-state index in [1.165, 1.54) is 14.8 Å². The third kappa shape index (κ3) is 10.2. The lowest BCUT2D eigenvalue weighted by Gasteiger charge is -2.47. The second-order valence-corrected chi connectivity index (χ2v) is 17.6. The van der Waals surface area contributed by atoms with Crippen molar-refractivity contribution in [1.29, 1.82) is 0 Å². The molecular weight excluding hydrogens is 803 g/mol. The summed E-state index contributed by atoms with van der Waals surface area (Å²) in [6, 6.07) is 0. The first kappa shape index (κ1) is 41.5. The normalized spacial score (nSPS) is 43.6. The van der Waals surface area contributed by atoms with Crippen LogP contribution in [0.4, 0.5) is 0 Å². The van der Waals surface area contributed by atoms with E-state index in [2.05, 4.69) is 33.9 Å². The van der Waals surface area contributed by atoms with Crippen LogP contribution in [0.5, 0.6) is 0 Å². The van der Waals surface area contributed by atoms with E-state index in [-0.39, 0.29) is 72.9 Å². The molecule has 9 heterocycles. The lowest BCUT2D eigenvalue weighted by Crippen LogP contribution is -2.61. The number of ether oxygens (including phenoxy) is 8. The third-order valence-electron chi connectivity index (χ3n) is 12.0. The number of carbonyl (C=O) groups is 1. The predicted octanol–water partition coefficient (Wildman–Crippen LogP) is 6.61. The van der Waals surface area contributed by atoms with Crippen LogP contribution in [0.3, 0.4) is 0 Å². The van der Waals surface area contributed by atoms with Crippen molar-refractivity contribution in [2.45, 2.75) is 177 Å². The molecular formula is C39H61IO11S. The Morgan fingerprint density at radius 2 is 1.69 bits per heavy atom. The standard InChI is InChI=1S/C27H38O8.C9H16O.C3H7IO2S/c1-14-9-18(30-13-14)5-7-27-12-21-23(34-27)24-25(33-21)26(35-27)22-20(32-24)4-3-19(31-22)11-17(28)10-16-6-8-29-15(16)2;1-4-9-5-7(2)8(3)6-10-9;1-3(5)2-6-7-4/h15-16,18-26H,1,3-13H2,2H3;7,9H,3-6H2,1-2H3;3,5H,2H2,1H3/t15-,16?,18?,19?,20?,21?,22-,23?,24-,25?,26?,27-;7?,9-;/m00./s1. The van der Waals surface area contributed by atoms with Gasteiger partial charge in [0, 0.05) is 53.5 Å². The lowest BCUT2D eigenvalue weighted by atomic mass is 9.86. The zero-order chi connectivity index (χ0) is 37.0. The minimum absolute atomic E-state index is 0.00242. The van der Waals surface area contributed by atoms with Gasteiger partial charge in [0.05, 0.1) is 71.8 Å². The Kier molecular flexibility index (Phi) is 15.0. The molecule has 52 heavy (non-hydrogen) atoms. The van der Waals surface area contributed by atoms with Crippen LogP contribution in [0.15, 0.2) is 24.3 Å². The molecule has 296 valence electrons. The maximum Gasteiger partial charge on any atom is 0.172 e. The van der Waals surface area contributed by atoms with E-state index < -0.39 is 5.79 Å². The SMILES string of the molecule is C=C1COC(CC[C@@]23CC4OC5C(O2)[C@H]2OC(CC(=O)CC6CCO[C@H]6C)CCC2O[C@H]5C4O3)C1.C=C1CO[C@@H](CC)CC1C.CC(O)COSI. The van der Waals surface area contributed by atoms with Crippen molar-refractivity contribution in [3.8, 4) is 0 Å². The maximum atomic E-state index is 12.9. The first-order valence-electron chi connectivity index (χ1n) is 19.6. The number of hydrogen-bond donors (Lipinski definition) is 1.